The number of nitrogens with one attached hydrogen (secondary N) is 1. The first-order valence-corrected chi connectivity index (χ1v) is 6.92. The first kappa shape index (κ1) is 13.5. The van der Waals surface area contributed by atoms with E-state index in [1.165, 1.54) is 4.57 Å². The fraction of sp³-hybridized carbons (Fsp3) is 0.0625. The Morgan fingerprint density at radius 2 is 1.71 bits per heavy atom. The lowest BCUT2D eigenvalue weighted by molar-refractivity contribution is 0.837. The number of hydrogen-bond donors (Lipinski definition) is 1. The molecule has 21 heavy (non-hydrogen) atoms. The van der Waals surface area contributed by atoms with Gasteiger partial charge < -0.3 is 0 Å². The van der Waals surface area contributed by atoms with E-state index in [0.717, 1.165) is 16.8 Å². The van der Waals surface area contributed by atoms with E-state index < -0.39 is 0 Å². The summed E-state index contributed by atoms with van der Waals surface area (Å²) in [5.41, 5.74) is 2.73. The van der Waals surface area contributed by atoms with E-state index in [4.69, 9.17) is 12.2 Å². The third-order valence-electron chi connectivity index (χ3n) is 3.21. The minimum absolute atomic E-state index is 0.228. The SMILES string of the molecule is Cc1ccc(-n2c(=S)[nH]nc(-c3ccccc3)c2=O)cc1. The Labute approximate surface area is 126 Å². The zero-order chi connectivity index (χ0) is 14.8. The molecule has 3 rings (SSSR count). The van der Waals surface area contributed by atoms with Crippen LogP contribution in [-0.2, 0) is 0 Å². The molecule has 2 aromatic carbocycles. The number of aryl methyl sites for hydroxylation is 1. The molecule has 0 bridgehead atoms. The standard InChI is InChI=1S/C16H13N3OS/c1-11-7-9-13(10-8-11)19-15(20)14(17-18-16(19)21)12-5-3-2-4-6-12/h2-10H,1H3,(H,18,21). The van der Waals surface area contributed by atoms with E-state index in [9.17, 15) is 4.79 Å². The van der Waals surface area contributed by atoms with Gasteiger partial charge in [0.1, 0.15) is 0 Å². The molecule has 1 heterocycles. The summed E-state index contributed by atoms with van der Waals surface area (Å²) in [4.78, 5) is 12.7. The van der Waals surface area contributed by atoms with Gasteiger partial charge in [0.25, 0.3) is 5.56 Å². The molecule has 0 aliphatic carbocycles. The number of nitrogens with zero attached hydrogens (tertiary/aromatic N) is 2. The Morgan fingerprint density at radius 3 is 2.38 bits per heavy atom. The molecule has 1 aromatic heterocycles. The third kappa shape index (κ3) is 2.55. The maximum Gasteiger partial charge on any atom is 0.285 e. The molecule has 0 amide bonds. The van der Waals surface area contributed by atoms with Crippen LogP contribution < -0.4 is 5.56 Å². The monoisotopic (exact) mass is 295 g/mol. The van der Waals surface area contributed by atoms with Gasteiger partial charge in [0.15, 0.2) is 5.69 Å². The second kappa shape index (κ2) is 5.46. The van der Waals surface area contributed by atoms with Gasteiger partial charge in [-0.2, -0.15) is 5.10 Å². The summed E-state index contributed by atoms with van der Waals surface area (Å²) in [7, 11) is 0. The second-order valence-corrected chi connectivity index (χ2v) is 5.11. The number of aromatic amines is 1. The van der Waals surface area contributed by atoms with Crippen LogP contribution in [0.3, 0.4) is 0 Å². The zero-order valence-corrected chi connectivity index (χ0v) is 12.2. The Balaban J connectivity index is 2.25. The summed E-state index contributed by atoms with van der Waals surface area (Å²) in [6, 6.07) is 17.0. The number of benzene rings is 2. The van der Waals surface area contributed by atoms with Crippen LogP contribution in [0.25, 0.3) is 16.9 Å². The Hall–Kier alpha value is -2.53. The lowest BCUT2D eigenvalue weighted by atomic mass is 10.1. The van der Waals surface area contributed by atoms with Crippen molar-refractivity contribution in [2.75, 3.05) is 0 Å². The molecule has 0 unspecified atom stereocenters. The predicted octanol–water partition coefficient (Wildman–Crippen LogP) is 3.27. The molecule has 0 saturated heterocycles. The number of hydrogen-bond acceptors (Lipinski definition) is 3. The predicted molar refractivity (Wildman–Crippen MR) is 85.2 cm³/mol. The van der Waals surface area contributed by atoms with Gasteiger partial charge in [-0.3, -0.25) is 14.5 Å². The van der Waals surface area contributed by atoms with E-state index >= 15 is 0 Å². The van der Waals surface area contributed by atoms with Crippen molar-refractivity contribution in [2.24, 2.45) is 0 Å². The summed E-state index contributed by atoms with van der Waals surface area (Å²) in [6.45, 7) is 2.00. The fourth-order valence-corrected chi connectivity index (χ4v) is 2.35. The molecule has 0 spiro atoms. The van der Waals surface area contributed by atoms with E-state index in [-0.39, 0.29) is 10.3 Å². The molecule has 4 nitrogen and oxygen atoms in total. The van der Waals surface area contributed by atoms with Crippen molar-refractivity contribution in [2.45, 2.75) is 6.92 Å². The number of rotatable bonds is 2. The highest BCUT2D eigenvalue weighted by atomic mass is 32.1. The Morgan fingerprint density at radius 1 is 1.05 bits per heavy atom. The Bertz CT molecular complexity index is 880. The normalized spacial score (nSPS) is 10.5. The minimum Gasteiger partial charge on any atom is -0.266 e. The molecule has 104 valence electrons. The van der Waals surface area contributed by atoms with Crippen LogP contribution in [0.2, 0.25) is 0 Å². The van der Waals surface area contributed by atoms with Gasteiger partial charge in [-0.05, 0) is 31.3 Å². The van der Waals surface area contributed by atoms with Gasteiger partial charge in [0, 0.05) is 5.56 Å². The fourth-order valence-electron chi connectivity index (χ4n) is 2.11. The lowest BCUT2D eigenvalue weighted by Crippen LogP contribution is -2.23. The van der Waals surface area contributed by atoms with E-state index in [0.29, 0.717) is 5.69 Å². The van der Waals surface area contributed by atoms with Gasteiger partial charge in [-0.1, -0.05) is 48.0 Å². The van der Waals surface area contributed by atoms with E-state index in [1.807, 2.05) is 61.5 Å². The number of aromatic nitrogens is 3. The van der Waals surface area contributed by atoms with Crippen LogP contribution in [0.1, 0.15) is 5.56 Å². The first-order valence-electron chi connectivity index (χ1n) is 6.51. The van der Waals surface area contributed by atoms with Crippen LogP contribution in [0.4, 0.5) is 0 Å². The molecule has 3 aromatic rings. The molecule has 0 aliphatic rings. The van der Waals surface area contributed by atoms with Gasteiger partial charge >= 0.3 is 0 Å². The number of H-pyrrole nitrogens is 1. The quantitative estimate of drug-likeness (QED) is 0.738. The van der Waals surface area contributed by atoms with Crippen molar-refractivity contribution < 1.29 is 0 Å². The average Bonchev–Trinajstić information content (AvgIpc) is 2.50. The van der Waals surface area contributed by atoms with Crippen LogP contribution in [0.5, 0.6) is 0 Å². The molecule has 1 N–H and O–H groups in total. The van der Waals surface area contributed by atoms with Crippen LogP contribution >= 0.6 is 12.2 Å². The van der Waals surface area contributed by atoms with Gasteiger partial charge in [0.2, 0.25) is 4.77 Å². The molecule has 0 saturated carbocycles. The van der Waals surface area contributed by atoms with Crippen molar-refractivity contribution >= 4 is 12.2 Å². The van der Waals surface area contributed by atoms with Gasteiger partial charge in [0.05, 0.1) is 5.69 Å². The smallest absolute Gasteiger partial charge is 0.266 e. The topological polar surface area (TPSA) is 50.7 Å². The zero-order valence-electron chi connectivity index (χ0n) is 11.4. The van der Waals surface area contributed by atoms with Crippen molar-refractivity contribution in [1.82, 2.24) is 14.8 Å². The largest absolute Gasteiger partial charge is 0.285 e. The molecule has 0 fully saturated rings. The maximum absolute atomic E-state index is 12.7. The summed E-state index contributed by atoms with van der Waals surface area (Å²) in [5.74, 6) is 0. The summed E-state index contributed by atoms with van der Waals surface area (Å²) in [6.07, 6.45) is 0. The minimum atomic E-state index is -0.228. The summed E-state index contributed by atoms with van der Waals surface area (Å²) < 4.78 is 1.74. The van der Waals surface area contributed by atoms with Crippen molar-refractivity contribution in [3.05, 3.63) is 75.3 Å². The third-order valence-corrected chi connectivity index (χ3v) is 3.49. The van der Waals surface area contributed by atoms with Crippen LogP contribution in [0, 0.1) is 11.7 Å². The highest BCUT2D eigenvalue weighted by Crippen LogP contribution is 2.13. The van der Waals surface area contributed by atoms with Crippen molar-refractivity contribution in [3.8, 4) is 16.9 Å². The Kier molecular flexibility index (Phi) is 3.50. The van der Waals surface area contributed by atoms with Crippen molar-refractivity contribution in [1.29, 1.82) is 0 Å². The molecule has 0 radical (unpaired) electrons. The summed E-state index contributed by atoms with van der Waals surface area (Å²) in [5, 5.41) is 6.84. The molecule has 0 atom stereocenters. The molecule has 0 aliphatic heterocycles. The van der Waals surface area contributed by atoms with E-state index in [1.54, 1.807) is 0 Å². The highest BCUT2D eigenvalue weighted by Gasteiger charge is 2.10. The average molecular weight is 295 g/mol. The molecular formula is C16H13N3OS. The van der Waals surface area contributed by atoms with E-state index in [2.05, 4.69) is 10.2 Å². The second-order valence-electron chi connectivity index (χ2n) is 4.72. The van der Waals surface area contributed by atoms with Crippen LogP contribution in [0.15, 0.2) is 59.4 Å². The van der Waals surface area contributed by atoms with Crippen molar-refractivity contribution in [3.63, 3.8) is 0 Å². The van der Waals surface area contributed by atoms with Crippen LogP contribution in [-0.4, -0.2) is 14.8 Å². The summed E-state index contributed by atoms with van der Waals surface area (Å²) >= 11 is 5.21. The first-order chi connectivity index (χ1) is 10.2. The van der Waals surface area contributed by atoms with Gasteiger partial charge in [-0.15, -0.1) is 0 Å². The highest BCUT2D eigenvalue weighted by molar-refractivity contribution is 7.71. The lowest BCUT2D eigenvalue weighted by Gasteiger charge is -2.08. The van der Waals surface area contributed by atoms with Gasteiger partial charge in [-0.25, -0.2) is 0 Å². The molecular weight excluding hydrogens is 282 g/mol. The molecule has 5 heteroatoms. The maximum atomic E-state index is 12.7.